The van der Waals surface area contributed by atoms with Crippen LogP contribution in [-0.2, 0) is 0 Å². The average Bonchev–Trinajstić information content (AvgIpc) is 2.45. The Kier molecular flexibility index (Phi) is 6.27. The fourth-order valence-electron chi connectivity index (χ4n) is 6.29. The number of hydrogen-bond acceptors (Lipinski definition) is 1. The standard InChI is InChI=1S/C23H42O/c1-7-8-9-11-18(2)12-13-20-22(5)16-10-15-21(3,4)19(22)14-17-23(20,6)24/h11,19-20,24H,7-10,12-17H2,1-6H3/b18-11+/t19-,20+,22-,23+/m0/s1. The smallest absolute Gasteiger partial charge is 0.0653 e. The highest BCUT2D eigenvalue weighted by Gasteiger charge is 2.57. The summed E-state index contributed by atoms with van der Waals surface area (Å²) in [4.78, 5) is 0. The van der Waals surface area contributed by atoms with Gasteiger partial charge in [0.1, 0.15) is 0 Å². The molecule has 0 aliphatic heterocycles. The minimum Gasteiger partial charge on any atom is -0.390 e. The molecule has 1 nitrogen and oxygen atoms in total. The topological polar surface area (TPSA) is 20.2 Å². The Balaban J connectivity index is 2.13. The zero-order valence-corrected chi connectivity index (χ0v) is 17.3. The molecule has 24 heavy (non-hydrogen) atoms. The molecule has 0 bridgehead atoms. The van der Waals surface area contributed by atoms with Crippen LogP contribution in [0.15, 0.2) is 11.6 Å². The van der Waals surface area contributed by atoms with E-state index < -0.39 is 5.60 Å². The Hall–Kier alpha value is -0.300. The second-order valence-corrected chi connectivity index (χ2v) is 10.1. The molecule has 0 heterocycles. The molecule has 2 fully saturated rings. The summed E-state index contributed by atoms with van der Waals surface area (Å²) in [6.07, 6.45) is 14.7. The van der Waals surface area contributed by atoms with Gasteiger partial charge in [-0.3, -0.25) is 0 Å². The van der Waals surface area contributed by atoms with Gasteiger partial charge in [0.25, 0.3) is 0 Å². The molecule has 2 saturated carbocycles. The van der Waals surface area contributed by atoms with Crippen LogP contribution in [0.3, 0.4) is 0 Å². The molecule has 2 rings (SSSR count). The summed E-state index contributed by atoms with van der Waals surface area (Å²) in [5.74, 6) is 1.21. The van der Waals surface area contributed by atoms with Gasteiger partial charge in [-0.15, -0.1) is 0 Å². The van der Waals surface area contributed by atoms with Crippen molar-refractivity contribution in [3.8, 4) is 0 Å². The molecular formula is C23H42O. The van der Waals surface area contributed by atoms with Gasteiger partial charge in [-0.2, -0.15) is 0 Å². The first-order valence-corrected chi connectivity index (χ1v) is 10.5. The van der Waals surface area contributed by atoms with Crippen molar-refractivity contribution in [1.29, 1.82) is 0 Å². The monoisotopic (exact) mass is 334 g/mol. The fraction of sp³-hybridized carbons (Fsp3) is 0.913. The molecule has 0 aromatic heterocycles. The van der Waals surface area contributed by atoms with Crippen LogP contribution in [0.1, 0.15) is 106 Å². The number of unbranched alkanes of at least 4 members (excludes halogenated alkanes) is 2. The molecule has 1 N–H and O–H groups in total. The molecule has 0 aromatic rings. The van der Waals surface area contributed by atoms with E-state index in [4.69, 9.17) is 0 Å². The fourth-order valence-corrected chi connectivity index (χ4v) is 6.29. The zero-order valence-electron chi connectivity index (χ0n) is 17.3. The summed E-state index contributed by atoms with van der Waals surface area (Å²) in [5.41, 5.74) is 1.80. The van der Waals surface area contributed by atoms with E-state index in [2.05, 4.69) is 47.6 Å². The molecule has 0 unspecified atom stereocenters. The Bertz CT molecular complexity index is 445. The summed E-state index contributed by atoms with van der Waals surface area (Å²) >= 11 is 0. The van der Waals surface area contributed by atoms with E-state index in [-0.39, 0.29) is 0 Å². The third-order valence-electron chi connectivity index (χ3n) is 7.64. The summed E-state index contributed by atoms with van der Waals surface area (Å²) < 4.78 is 0. The highest BCUT2D eigenvalue weighted by molar-refractivity contribution is 5.09. The number of fused-ring (bicyclic) bond motifs is 1. The summed E-state index contributed by atoms with van der Waals surface area (Å²) in [5, 5.41) is 11.2. The quantitative estimate of drug-likeness (QED) is 0.414. The lowest BCUT2D eigenvalue weighted by Crippen LogP contribution is -2.57. The van der Waals surface area contributed by atoms with Gasteiger partial charge in [-0.05, 0) is 81.5 Å². The third kappa shape index (κ3) is 4.09. The molecule has 4 atom stereocenters. The molecule has 2 aliphatic rings. The Labute approximate surface area is 151 Å². The van der Waals surface area contributed by atoms with Crippen LogP contribution >= 0.6 is 0 Å². The normalized spacial score (nSPS) is 39.5. The maximum Gasteiger partial charge on any atom is 0.0653 e. The second kappa shape index (κ2) is 7.52. The Morgan fingerprint density at radius 1 is 1.12 bits per heavy atom. The van der Waals surface area contributed by atoms with E-state index in [0.29, 0.717) is 16.7 Å². The minimum absolute atomic E-state index is 0.313. The first kappa shape index (κ1) is 20.0. The predicted molar refractivity (Wildman–Crippen MR) is 105 cm³/mol. The molecule has 2 aliphatic carbocycles. The second-order valence-electron chi connectivity index (χ2n) is 10.1. The van der Waals surface area contributed by atoms with Crippen LogP contribution in [0.2, 0.25) is 0 Å². The van der Waals surface area contributed by atoms with Gasteiger partial charge < -0.3 is 5.11 Å². The lowest BCUT2D eigenvalue weighted by atomic mass is 9.45. The van der Waals surface area contributed by atoms with Crippen molar-refractivity contribution in [1.82, 2.24) is 0 Å². The number of rotatable bonds is 6. The first-order chi connectivity index (χ1) is 11.1. The van der Waals surface area contributed by atoms with Gasteiger partial charge in [0, 0.05) is 0 Å². The van der Waals surface area contributed by atoms with Gasteiger partial charge in [0.05, 0.1) is 5.60 Å². The van der Waals surface area contributed by atoms with E-state index in [1.54, 1.807) is 0 Å². The van der Waals surface area contributed by atoms with E-state index in [9.17, 15) is 5.11 Å². The SMILES string of the molecule is CCCC/C=C(\C)CC[C@@H]1[C@@]2(C)CCCC(C)(C)[C@@H]2CC[C@@]1(C)O. The van der Waals surface area contributed by atoms with Crippen molar-refractivity contribution in [2.75, 3.05) is 0 Å². The third-order valence-corrected chi connectivity index (χ3v) is 7.64. The lowest BCUT2D eigenvalue weighted by Gasteiger charge is -2.61. The van der Waals surface area contributed by atoms with Crippen molar-refractivity contribution in [2.24, 2.45) is 22.7 Å². The van der Waals surface area contributed by atoms with Crippen molar-refractivity contribution in [3.63, 3.8) is 0 Å². The van der Waals surface area contributed by atoms with Crippen molar-refractivity contribution in [2.45, 2.75) is 111 Å². The molecule has 0 saturated heterocycles. The van der Waals surface area contributed by atoms with Gasteiger partial charge >= 0.3 is 0 Å². The lowest BCUT2D eigenvalue weighted by molar-refractivity contribution is -0.168. The molecular weight excluding hydrogens is 292 g/mol. The van der Waals surface area contributed by atoms with Crippen LogP contribution in [0.5, 0.6) is 0 Å². The van der Waals surface area contributed by atoms with Crippen LogP contribution in [0, 0.1) is 22.7 Å². The molecule has 1 heteroatoms. The highest BCUT2D eigenvalue weighted by atomic mass is 16.3. The molecule has 0 aromatic carbocycles. The van der Waals surface area contributed by atoms with Gasteiger partial charge in [-0.25, -0.2) is 0 Å². The van der Waals surface area contributed by atoms with Crippen molar-refractivity contribution < 1.29 is 5.11 Å². The Morgan fingerprint density at radius 3 is 2.50 bits per heavy atom. The number of aliphatic hydroxyl groups is 1. The highest BCUT2D eigenvalue weighted by Crippen LogP contribution is 2.62. The number of hydrogen-bond donors (Lipinski definition) is 1. The molecule has 140 valence electrons. The van der Waals surface area contributed by atoms with Gasteiger partial charge in [-0.1, -0.05) is 58.6 Å². The summed E-state index contributed by atoms with van der Waals surface area (Å²) in [6.45, 7) is 14.1. The zero-order chi connectivity index (χ0) is 18.0. The van der Waals surface area contributed by atoms with Crippen LogP contribution < -0.4 is 0 Å². The minimum atomic E-state index is -0.484. The molecule has 0 spiro atoms. The maximum atomic E-state index is 11.2. The van der Waals surface area contributed by atoms with Crippen LogP contribution in [0.25, 0.3) is 0 Å². The largest absolute Gasteiger partial charge is 0.390 e. The van der Waals surface area contributed by atoms with Gasteiger partial charge in [0.2, 0.25) is 0 Å². The average molecular weight is 335 g/mol. The first-order valence-electron chi connectivity index (χ1n) is 10.5. The van der Waals surface area contributed by atoms with Crippen LogP contribution in [0.4, 0.5) is 0 Å². The predicted octanol–water partition coefficient (Wildman–Crippen LogP) is 6.90. The van der Waals surface area contributed by atoms with E-state index in [0.717, 1.165) is 25.2 Å². The van der Waals surface area contributed by atoms with Crippen LogP contribution in [-0.4, -0.2) is 10.7 Å². The summed E-state index contributed by atoms with van der Waals surface area (Å²) in [6, 6.07) is 0. The van der Waals surface area contributed by atoms with E-state index >= 15 is 0 Å². The van der Waals surface area contributed by atoms with Crippen molar-refractivity contribution >= 4 is 0 Å². The summed E-state index contributed by atoms with van der Waals surface area (Å²) in [7, 11) is 0. The van der Waals surface area contributed by atoms with Gasteiger partial charge in [0.15, 0.2) is 0 Å². The van der Waals surface area contributed by atoms with Crippen molar-refractivity contribution in [3.05, 3.63) is 11.6 Å². The molecule has 0 radical (unpaired) electrons. The Morgan fingerprint density at radius 2 is 1.83 bits per heavy atom. The maximum absolute atomic E-state index is 11.2. The van der Waals surface area contributed by atoms with E-state index in [1.807, 2.05) is 0 Å². The molecule has 0 amide bonds. The van der Waals surface area contributed by atoms with E-state index in [1.165, 1.54) is 50.5 Å². The number of allylic oxidation sites excluding steroid dienone is 2.